The van der Waals surface area contributed by atoms with Gasteiger partial charge in [-0.3, -0.25) is 9.78 Å². The van der Waals surface area contributed by atoms with E-state index in [-0.39, 0.29) is 18.1 Å². The Labute approximate surface area is 140 Å². The van der Waals surface area contributed by atoms with Crippen molar-refractivity contribution in [2.45, 2.75) is 39.0 Å². The number of unbranched alkanes of at least 4 members (excludes halogenated alkanes) is 2. The van der Waals surface area contributed by atoms with E-state index in [9.17, 15) is 9.59 Å². The lowest BCUT2D eigenvalue weighted by Gasteiger charge is -2.03. The van der Waals surface area contributed by atoms with Gasteiger partial charge in [0.1, 0.15) is 10.8 Å². The van der Waals surface area contributed by atoms with Crippen LogP contribution >= 0.6 is 11.3 Å². The van der Waals surface area contributed by atoms with E-state index in [4.69, 9.17) is 0 Å². The molecule has 23 heavy (non-hydrogen) atoms. The third kappa shape index (κ3) is 6.28. The van der Waals surface area contributed by atoms with Crippen LogP contribution in [0.1, 0.15) is 38.3 Å². The number of rotatable bonds is 9. The monoisotopic (exact) mass is 331 g/mol. The highest BCUT2D eigenvalue weighted by Crippen LogP contribution is 2.21. The first-order valence-corrected chi connectivity index (χ1v) is 8.65. The van der Waals surface area contributed by atoms with Crippen molar-refractivity contribution in [3.8, 4) is 10.7 Å². The Hall–Kier alpha value is -2.08. The summed E-state index contributed by atoms with van der Waals surface area (Å²) in [5.41, 5.74) is 1.60. The third-order valence-electron chi connectivity index (χ3n) is 3.31. The van der Waals surface area contributed by atoms with Crippen LogP contribution in [0, 0.1) is 0 Å². The molecular weight excluding hydrogens is 310 g/mol. The van der Waals surface area contributed by atoms with Gasteiger partial charge in [-0.1, -0.05) is 12.5 Å². The minimum atomic E-state index is -0.0190. The maximum atomic E-state index is 11.9. The Balaban J connectivity index is 1.70. The average molecular weight is 331 g/mol. The highest BCUT2D eigenvalue weighted by atomic mass is 32.1. The molecule has 0 aliphatic heterocycles. The molecule has 0 bridgehead atoms. The Kier molecular flexibility index (Phi) is 6.87. The Morgan fingerprint density at radius 2 is 2.09 bits per heavy atom. The molecular formula is C17H21N3O2S. The Bertz CT molecular complexity index is 640. The number of nitrogens with zero attached hydrogens (tertiary/aromatic N) is 2. The molecule has 2 aromatic rings. The first-order valence-electron chi connectivity index (χ1n) is 7.77. The van der Waals surface area contributed by atoms with Crippen LogP contribution < -0.4 is 5.32 Å². The number of ketones is 1. The molecule has 6 heteroatoms. The molecule has 0 fully saturated rings. The minimum Gasteiger partial charge on any atom is -0.356 e. The second-order valence-electron chi connectivity index (χ2n) is 5.40. The summed E-state index contributed by atoms with van der Waals surface area (Å²) in [4.78, 5) is 31.4. The quantitative estimate of drug-likeness (QED) is 0.717. The van der Waals surface area contributed by atoms with E-state index in [0.29, 0.717) is 13.0 Å². The number of carbonyl (C=O) groups is 2. The molecule has 2 heterocycles. The summed E-state index contributed by atoms with van der Waals surface area (Å²) in [6, 6.07) is 5.69. The molecule has 0 atom stereocenters. The van der Waals surface area contributed by atoms with E-state index in [2.05, 4.69) is 15.3 Å². The molecule has 0 saturated carbocycles. The normalized spacial score (nSPS) is 10.5. The zero-order chi connectivity index (χ0) is 16.5. The minimum absolute atomic E-state index is 0.0190. The van der Waals surface area contributed by atoms with Gasteiger partial charge in [0.15, 0.2) is 0 Å². The van der Waals surface area contributed by atoms with Crippen molar-refractivity contribution in [2.24, 2.45) is 0 Å². The number of carbonyl (C=O) groups excluding carboxylic acids is 2. The molecule has 2 rings (SSSR count). The lowest BCUT2D eigenvalue weighted by atomic mass is 10.1. The maximum Gasteiger partial charge on any atom is 0.226 e. The van der Waals surface area contributed by atoms with Crippen LogP contribution in [-0.2, 0) is 16.0 Å². The van der Waals surface area contributed by atoms with Crippen LogP contribution in [0.3, 0.4) is 0 Å². The standard InChI is InChI=1S/C17H21N3O2S/c1-13(21)7-3-2-5-10-19-16(22)11-14-12-23-17(20-14)15-8-4-6-9-18-15/h4,6,8-9,12H,2-3,5,7,10-11H2,1H3,(H,19,22). The van der Waals surface area contributed by atoms with Gasteiger partial charge < -0.3 is 10.1 Å². The van der Waals surface area contributed by atoms with Gasteiger partial charge in [0.25, 0.3) is 0 Å². The summed E-state index contributed by atoms with van der Waals surface area (Å²) in [6.45, 7) is 2.25. The number of amides is 1. The number of hydrogen-bond donors (Lipinski definition) is 1. The molecule has 0 aliphatic rings. The predicted octanol–water partition coefficient (Wildman–Crippen LogP) is 3.01. The van der Waals surface area contributed by atoms with Gasteiger partial charge in [-0.15, -0.1) is 11.3 Å². The van der Waals surface area contributed by atoms with Crippen molar-refractivity contribution in [2.75, 3.05) is 6.54 Å². The number of hydrogen-bond acceptors (Lipinski definition) is 5. The van der Waals surface area contributed by atoms with Crippen molar-refractivity contribution in [1.29, 1.82) is 0 Å². The second kappa shape index (κ2) is 9.15. The van der Waals surface area contributed by atoms with Crippen LogP contribution in [0.15, 0.2) is 29.8 Å². The highest BCUT2D eigenvalue weighted by molar-refractivity contribution is 7.13. The van der Waals surface area contributed by atoms with E-state index >= 15 is 0 Å². The van der Waals surface area contributed by atoms with Gasteiger partial charge >= 0.3 is 0 Å². The SMILES string of the molecule is CC(=O)CCCCCNC(=O)Cc1csc(-c2ccccn2)n1. The van der Waals surface area contributed by atoms with Crippen LogP contribution in [0.2, 0.25) is 0 Å². The van der Waals surface area contributed by atoms with Crippen molar-refractivity contribution < 1.29 is 9.59 Å². The number of aromatic nitrogens is 2. The molecule has 0 aromatic carbocycles. The van der Waals surface area contributed by atoms with E-state index in [0.717, 1.165) is 35.7 Å². The molecule has 2 aromatic heterocycles. The molecule has 122 valence electrons. The first-order chi connectivity index (χ1) is 11.1. The van der Waals surface area contributed by atoms with E-state index in [1.165, 1.54) is 11.3 Å². The fourth-order valence-corrected chi connectivity index (χ4v) is 2.92. The molecule has 0 unspecified atom stereocenters. The van der Waals surface area contributed by atoms with E-state index in [1.807, 2.05) is 23.6 Å². The summed E-state index contributed by atoms with van der Waals surface area (Å²) in [6.07, 6.45) is 5.40. The number of pyridine rings is 1. The maximum absolute atomic E-state index is 11.9. The Morgan fingerprint density at radius 3 is 2.83 bits per heavy atom. The largest absolute Gasteiger partial charge is 0.356 e. The zero-order valence-electron chi connectivity index (χ0n) is 13.2. The number of nitrogens with one attached hydrogen (secondary N) is 1. The summed E-state index contributed by atoms with van der Waals surface area (Å²) >= 11 is 1.50. The molecule has 5 nitrogen and oxygen atoms in total. The zero-order valence-corrected chi connectivity index (χ0v) is 14.1. The lowest BCUT2D eigenvalue weighted by Crippen LogP contribution is -2.26. The van der Waals surface area contributed by atoms with Crippen LogP contribution in [0.5, 0.6) is 0 Å². The van der Waals surface area contributed by atoms with Gasteiger partial charge in [-0.25, -0.2) is 4.98 Å². The predicted molar refractivity (Wildman–Crippen MR) is 91.2 cm³/mol. The van der Waals surface area contributed by atoms with Crippen molar-refractivity contribution in [1.82, 2.24) is 15.3 Å². The third-order valence-corrected chi connectivity index (χ3v) is 4.22. The van der Waals surface area contributed by atoms with Crippen molar-refractivity contribution in [3.63, 3.8) is 0 Å². The van der Waals surface area contributed by atoms with Gasteiger partial charge in [-0.05, 0) is 31.9 Å². The van der Waals surface area contributed by atoms with E-state index < -0.39 is 0 Å². The fraction of sp³-hybridized carbons (Fsp3) is 0.412. The first kappa shape index (κ1) is 17.3. The van der Waals surface area contributed by atoms with Gasteiger partial charge in [0.05, 0.1) is 17.8 Å². The smallest absolute Gasteiger partial charge is 0.226 e. The molecule has 1 amide bonds. The van der Waals surface area contributed by atoms with Gasteiger partial charge in [-0.2, -0.15) is 0 Å². The number of thiazole rings is 1. The van der Waals surface area contributed by atoms with Crippen molar-refractivity contribution in [3.05, 3.63) is 35.5 Å². The summed E-state index contributed by atoms with van der Waals surface area (Å²) in [7, 11) is 0. The Morgan fingerprint density at radius 1 is 1.22 bits per heavy atom. The van der Waals surface area contributed by atoms with Gasteiger partial charge in [0.2, 0.25) is 5.91 Å². The summed E-state index contributed by atoms with van der Waals surface area (Å²) < 4.78 is 0. The molecule has 0 saturated heterocycles. The topological polar surface area (TPSA) is 72.0 Å². The van der Waals surface area contributed by atoms with Crippen molar-refractivity contribution >= 4 is 23.0 Å². The summed E-state index contributed by atoms with van der Waals surface area (Å²) in [5.74, 6) is 0.204. The average Bonchev–Trinajstić information content (AvgIpc) is 3.00. The number of Topliss-reactive ketones (excluding diaryl/α,β-unsaturated/α-hetero) is 1. The van der Waals surface area contributed by atoms with Gasteiger partial charge in [0, 0.05) is 24.5 Å². The second-order valence-corrected chi connectivity index (χ2v) is 6.26. The molecule has 0 spiro atoms. The fourth-order valence-electron chi connectivity index (χ4n) is 2.13. The lowest BCUT2D eigenvalue weighted by molar-refractivity contribution is -0.120. The van der Waals surface area contributed by atoms with Crippen LogP contribution in [0.25, 0.3) is 10.7 Å². The molecule has 1 N–H and O–H groups in total. The van der Waals surface area contributed by atoms with Crippen LogP contribution in [-0.4, -0.2) is 28.2 Å². The van der Waals surface area contributed by atoms with Crippen LogP contribution in [0.4, 0.5) is 0 Å². The molecule has 0 radical (unpaired) electrons. The highest BCUT2D eigenvalue weighted by Gasteiger charge is 2.09. The summed E-state index contributed by atoms with van der Waals surface area (Å²) in [5, 5.41) is 5.62. The van der Waals surface area contributed by atoms with E-state index in [1.54, 1.807) is 13.1 Å². The molecule has 0 aliphatic carbocycles.